The largest absolute Gasteiger partial charge is 0.401 e. The van der Waals surface area contributed by atoms with Crippen molar-refractivity contribution in [2.45, 2.75) is 46.5 Å². The molecular formula is C23H31N5. The van der Waals surface area contributed by atoms with Gasteiger partial charge in [-0.2, -0.15) is 0 Å². The Bertz CT molecular complexity index is 867. The van der Waals surface area contributed by atoms with Crippen molar-refractivity contribution in [3.8, 4) is 11.3 Å². The molecule has 0 aliphatic rings. The van der Waals surface area contributed by atoms with Crippen molar-refractivity contribution in [3.05, 3.63) is 59.7 Å². The summed E-state index contributed by atoms with van der Waals surface area (Å²) in [6, 6.07) is 8.14. The Kier molecular flexibility index (Phi) is 7.93. The lowest BCUT2D eigenvalue weighted by Gasteiger charge is -2.16. The molecule has 0 saturated heterocycles. The standard InChI is InChI=1S/C23H31N5/c1-5-8-17(4)21-13-19(27-15-18(25)10-11-24)14-22(28-21)20-9-7-12-26-23(20)16(3)6-2/h7-14,16,24H,5-6,15,25H2,1-4H3,(H,27,28)/b17-8-,18-10?,24-11?. The molecule has 0 fully saturated rings. The summed E-state index contributed by atoms with van der Waals surface area (Å²) in [6.07, 6.45) is 8.79. The average molecular weight is 378 g/mol. The second-order valence-corrected chi connectivity index (χ2v) is 6.93. The molecule has 2 heterocycles. The molecule has 5 nitrogen and oxygen atoms in total. The fourth-order valence-corrected chi connectivity index (χ4v) is 2.97. The number of hydrogen-bond acceptors (Lipinski definition) is 5. The van der Waals surface area contributed by atoms with Gasteiger partial charge in [-0.3, -0.25) is 4.98 Å². The molecule has 0 aromatic carbocycles. The first-order valence-corrected chi connectivity index (χ1v) is 9.83. The van der Waals surface area contributed by atoms with Crippen LogP contribution in [0.1, 0.15) is 57.8 Å². The molecule has 2 rings (SSSR count). The number of aromatic nitrogens is 2. The van der Waals surface area contributed by atoms with Crippen LogP contribution < -0.4 is 11.1 Å². The summed E-state index contributed by atoms with van der Waals surface area (Å²) in [4.78, 5) is 9.57. The van der Waals surface area contributed by atoms with Crippen LogP contribution in [0.25, 0.3) is 16.8 Å². The van der Waals surface area contributed by atoms with Crippen LogP contribution in [0, 0.1) is 5.41 Å². The van der Waals surface area contributed by atoms with Gasteiger partial charge in [0.2, 0.25) is 0 Å². The quantitative estimate of drug-likeness (QED) is 0.512. The highest BCUT2D eigenvalue weighted by Gasteiger charge is 2.15. The molecule has 28 heavy (non-hydrogen) atoms. The molecule has 0 bridgehead atoms. The van der Waals surface area contributed by atoms with Crippen LogP contribution in [0.15, 0.2) is 48.3 Å². The fraction of sp³-hybridized carbons (Fsp3) is 0.348. The zero-order chi connectivity index (χ0) is 20.5. The zero-order valence-electron chi connectivity index (χ0n) is 17.3. The van der Waals surface area contributed by atoms with Crippen LogP contribution in [0.5, 0.6) is 0 Å². The molecule has 0 radical (unpaired) electrons. The lowest BCUT2D eigenvalue weighted by Crippen LogP contribution is -2.12. The molecule has 148 valence electrons. The lowest BCUT2D eigenvalue weighted by molar-refractivity contribution is 0.709. The Hall–Kier alpha value is -2.95. The second-order valence-electron chi connectivity index (χ2n) is 6.93. The monoisotopic (exact) mass is 377 g/mol. The first-order chi connectivity index (χ1) is 13.5. The lowest BCUT2D eigenvalue weighted by atomic mass is 9.97. The first kappa shape index (κ1) is 21.4. The van der Waals surface area contributed by atoms with E-state index in [0.717, 1.165) is 46.7 Å². The van der Waals surface area contributed by atoms with Crippen molar-refractivity contribution in [1.82, 2.24) is 9.97 Å². The predicted octanol–water partition coefficient (Wildman–Crippen LogP) is 5.37. The van der Waals surface area contributed by atoms with Gasteiger partial charge in [-0.25, -0.2) is 4.98 Å². The van der Waals surface area contributed by atoms with Crippen molar-refractivity contribution < 1.29 is 0 Å². The van der Waals surface area contributed by atoms with E-state index in [0.29, 0.717) is 18.2 Å². The minimum atomic E-state index is 0.358. The van der Waals surface area contributed by atoms with Crippen molar-refractivity contribution >= 4 is 17.5 Å². The van der Waals surface area contributed by atoms with Crippen LogP contribution in [-0.2, 0) is 0 Å². The SMILES string of the molecule is CC/C=C(/C)c1cc(NCC(N)=CC=N)cc(-c2cccnc2C(C)CC)n1. The maximum absolute atomic E-state index is 7.15. The minimum Gasteiger partial charge on any atom is -0.401 e. The number of hydrogen-bond donors (Lipinski definition) is 3. The summed E-state index contributed by atoms with van der Waals surface area (Å²) in [6.45, 7) is 9.05. The molecule has 2 aromatic heterocycles. The average Bonchev–Trinajstić information content (AvgIpc) is 2.72. The number of nitrogens with zero attached hydrogens (tertiary/aromatic N) is 2. The zero-order valence-corrected chi connectivity index (χ0v) is 17.3. The third-order valence-corrected chi connectivity index (χ3v) is 4.73. The number of pyridine rings is 2. The van der Waals surface area contributed by atoms with Gasteiger partial charge in [0.05, 0.1) is 23.6 Å². The number of allylic oxidation sites excluding steroid dienone is 3. The normalized spacial score (nSPS) is 13.3. The van der Waals surface area contributed by atoms with Crippen LogP contribution in [0.4, 0.5) is 5.69 Å². The van der Waals surface area contributed by atoms with Gasteiger partial charge in [-0.15, -0.1) is 0 Å². The molecule has 0 amide bonds. The molecule has 5 heteroatoms. The van der Waals surface area contributed by atoms with E-state index in [9.17, 15) is 0 Å². The Balaban J connectivity index is 2.53. The summed E-state index contributed by atoms with van der Waals surface area (Å²) in [5, 5.41) is 10.5. The summed E-state index contributed by atoms with van der Waals surface area (Å²) in [5.41, 5.74) is 12.6. The van der Waals surface area contributed by atoms with E-state index >= 15 is 0 Å². The number of rotatable bonds is 9. The van der Waals surface area contributed by atoms with Gasteiger partial charge in [-0.1, -0.05) is 26.8 Å². The third kappa shape index (κ3) is 5.52. The van der Waals surface area contributed by atoms with E-state index in [4.69, 9.17) is 16.1 Å². The van der Waals surface area contributed by atoms with Crippen molar-refractivity contribution in [2.24, 2.45) is 5.73 Å². The van der Waals surface area contributed by atoms with Crippen LogP contribution in [-0.4, -0.2) is 22.7 Å². The van der Waals surface area contributed by atoms with Crippen molar-refractivity contribution in [3.63, 3.8) is 0 Å². The fourth-order valence-electron chi connectivity index (χ4n) is 2.97. The minimum absolute atomic E-state index is 0.358. The summed E-state index contributed by atoms with van der Waals surface area (Å²) in [7, 11) is 0. The molecule has 1 atom stereocenters. The highest BCUT2D eigenvalue weighted by molar-refractivity contribution is 5.73. The van der Waals surface area contributed by atoms with Gasteiger partial charge < -0.3 is 16.5 Å². The molecule has 0 saturated carbocycles. The molecule has 0 aliphatic carbocycles. The molecule has 1 unspecified atom stereocenters. The highest BCUT2D eigenvalue weighted by atomic mass is 14.9. The number of anilines is 1. The Labute approximate surface area is 168 Å². The topological polar surface area (TPSA) is 87.7 Å². The summed E-state index contributed by atoms with van der Waals surface area (Å²) in [5.74, 6) is 0.358. The Morgan fingerprint density at radius 1 is 1.32 bits per heavy atom. The molecule has 0 aliphatic heterocycles. The van der Waals surface area contributed by atoms with E-state index in [1.807, 2.05) is 24.4 Å². The maximum Gasteiger partial charge on any atom is 0.0748 e. The predicted molar refractivity (Wildman–Crippen MR) is 120 cm³/mol. The van der Waals surface area contributed by atoms with Crippen molar-refractivity contribution in [1.29, 1.82) is 5.41 Å². The highest BCUT2D eigenvalue weighted by Crippen LogP contribution is 2.31. The molecular weight excluding hydrogens is 346 g/mol. The Morgan fingerprint density at radius 2 is 2.11 bits per heavy atom. The Morgan fingerprint density at radius 3 is 2.79 bits per heavy atom. The second kappa shape index (κ2) is 10.4. The smallest absolute Gasteiger partial charge is 0.0748 e. The van der Waals surface area contributed by atoms with Gasteiger partial charge in [0, 0.05) is 29.4 Å². The summed E-state index contributed by atoms with van der Waals surface area (Å²) >= 11 is 0. The van der Waals surface area contributed by atoms with E-state index in [1.54, 1.807) is 6.08 Å². The third-order valence-electron chi connectivity index (χ3n) is 4.73. The van der Waals surface area contributed by atoms with E-state index < -0.39 is 0 Å². The first-order valence-electron chi connectivity index (χ1n) is 9.83. The van der Waals surface area contributed by atoms with E-state index in [-0.39, 0.29) is 0 Å². The summed E-state index contributed by atoms with van der Waals surface area (Å²) < 4.78 is 0. The van der Waals surface area contributed by atoms with Gasteiger partial charge in [-0.05, 0) is 61.6 Å². The van der Waals surface area contributed by atoms with Gasteiger partial charge >= 0.3 is 0 Å². The molecule has 4 N–H and O–H groups in total. The molecule has 0 spiro atoms. The van der Waals surface area contributed by atoms with Crippen LogP contribution >= 0.6 is 0 Å². The van der Waals surface area contributed by atoms with Gasteiger partial charge in [0.15, 0.2) is 0 Å². The van der Waals surface area contributed by atoms with Crippen LogP contribution in [0.3, 0.4) is 0 Å². The number of nitrogens with two attached hydrogens (primary N) is 1. The maximum atomic E-state index is 7.15. The molecule has 2 aromatic rings. The number of nitrogens with one attached hydrogen (secondary N) is 2. The van der Waals surface area contributed by atoms with Gasteiger partial charge in [0.1, 0.15) is 0 Å². The van der Waals surface area contributed by atoms with Crippen LogP contribution in [0.2, 0.25) is 0 Å². The van der Waals surface area contributed by atoms with E-state index in [2.05, 4.69) is 50.1 Å². The van der Waals surface area contributed by atoms with Gasteiger partial charge in [0.25, 0.3) is 0 Å². The van der Waals surface area contributed by atoms with E-state index in [1.165, 1.54) is 6.21 Å². The van der Waals surface area contributed by atoms with Crippen molar-refractivity contribution in [2.75, 3.05) is 11.9 Å².